The lowest BCUT2D eigenvalue weighted by atomic mass is 10.2. The first kappa shape index (κ1) is 25.9. The fourth-order valence-corrected chi connectivity index (χ4v) is 4.82. The summed E-state index contributed by atoms with van der Waals surface area (Å²) in [5.74, 6) is 0.765. The van der Waals surface area contributed by atoms with Crippen molar-refractivity contribution in [2.75, 3.05) is 30.4 Å². The number of amides is 1. The maximum Gasteiger partial charge on any atom is 0.264 e. The van der Waals surface area contributed by atoms with E-state index in [1.54, 1.807) is 48.5 Å². The number of carbonyl (C=O) groups is 1. The molecule has 0 heterocycles. The lowest BCUT2D eigenvalue weighted by Gasteiger charge is -2.24. The zero-order valence-corrected chi connectivity index (χ0v) is 21.3. The summed E-state index contributed by atoms with van der Waals surface area (Å²) in [4.78, 5) is 13.0. The van der Waals surface area contributed by atoms with Crippen LogP contribution < -0.4 is 23.8 Å². The minimum atomic E-state index is -4.12. The van der Waals surface area contributed by atoms with Gasteiger partial charge in [-0.3, -0.25) is 9.10 Å². The molecule has 0 aromatic heterocycles. The molecule has 9 heteroatoms. The Morgan fingerprint density at radius 1 is 0.943 bits per heavy atom. The molecule has 3 aromatic rings. The second-order valence-electron chi connectivity index (χ2n) is 8.11. The number of nitrogens with zero attached hydrogens (tertiary/aromatic N) is 1. The van der Waals surface area contributed by atoms with Gasteiger partial charge in [-0.1, -0.05) is 23.8 Å². The number of methoxy groups -OCH3 is 2. The van der Waals surface area contributed by atoms with Gasteiger partial charge in [-0.2, -0.15) is 0 Å². The molecule has 1 amide bonds. The van der Waals surface area contributed by atoms with Crippen molar-refractivity contribution in [2.45, 2.75) is 31.8 Å². The molecule has 1 N–H and O–H groups in total. The van der Waals surface area contributed by atoms with Crippen LogP contribution in [-0.2, 0) is 14.8 Å². The SMILES string of the molecule is COc1ccc(S(=O)(=O)N(CC(=O)Nc2cccc(OC(C)C)c2)c2ccc(C)cc2)cc1OC. The highest BCUT2D eigenvalue weighted by molar-refractivity contribution is 7.92. The van der Waals surface area contributed by atoms with Gasteiger partial charge in [-0.05, 0) is 57.2 Å². The molecule has 0 saturated heterocycles. The van der Waals surface area contributed by atoms with Crippen LogP contribution in [0.3, 0.4) is 0 Å². The highest BCUT2D eigenvalue weighted by Crippen LogP contribution is 2.32. The van der Waals surface area contributed by atoms with Crippen LogP contribution in [0.2, 0.25) is 0 Å². The highest BCUT2D eigenvalue weighted by Gasteiger charge is 2.28. The summed E-state index contributed by atoms with van der Waals surface area (Å²) in [6.45, 7) is 5.28. The fourth-order valence-electron chi connectivity index (χ4n) is 3.38. The molecule has 3 aromatic carbocycles. The Morgan fingerprint density at radius 3 is 2.26 bits per heavy atom. The van der Waals surface area contributed by atoms with E-state index in [4.69, 9.17) is 14.2 Å². The zero-order chi connectivity index (χ0) is 25.6. The molecule has 0 atom stereocenters. The molecule has 0 aliphatic carbocycles. The van der Waals surface area contributed by atoms with Gasteiger partial charge in [-0.15, -0.1) is 0 Å². The summed E-state index contributed by atoms with van der Waals surface area (Å²) in [6.07, 6.45) is -0.0235. The number of ether oxygens (including phenoxy) is 3. The van der Waals surface area contributed by atoms with Crippen molar-refractivity contribution in [1.82, 2.24) is 0 Å². The van der Waals surface area contributed by atoms with Gasteiger partial charge in [-0.25, -0.2) is 8.42 Å². The molecule has 8 nitrogen and oxygen atoms in total. The molecule has 0 bridgehead atoms. The van der Waals surface area contributed by atoms with E-state index in [2.05, 4.69) is 5.32 Å². The molecule has 0 spiro atoms. The summed E-state index contributed by atoms with van der Waals surface area (Å²) in [5, 5.41) is 2.76. The first-order chi connectivity index (χ1) is 16.6. The molecular weight excluding hydrogens is 468 g/mol. The summed E-state index contributed by atoms with van der Waals surface area (Å²) >= 11 is 0. The van der Waals surface area contributed by atoms with E-state index in [-0.39, 0.29) is 16.7 Å². The Hall–Kier alpha value is -3.72. The minimum Gasteiger partial charge on any atom is -0.493 e. The lowest BCUT2D eigenvalue weighted by Crippen LogP contribution is -2.38. The summed E-state index contributed by atoms with van der Waals surface area (Å²) in [6, 6.07) is 18.2. The van der Waals surface area contributed by atoms with Crippen LogP contribution in [0.5, 0.6) is 17.2 Å². The normalized spacial score (nSPS) is 11.1. The van der Waals surface area contributed by atoms with E-state index >= 15 is 0 Å². The first-order valence-electron chi connectivity index (χ1n) is 11.0. The third-order valence-corrected chi connectivity index (χ3v) is 6.81. The largest absolute Gasteiger partial charge is 0.493 e. The van der Waals surface area contributed by atoms with Crippen LogP contribution in [0.4, 0.5) is 11.4 Å². The van der Waals surface area contributed by atoms with Crippen molar-refractivity contribution < 1.29 is 27.4 Å². The molecule has 0 radical (unpaired) electrons. The van der Waals surface area contributed by atoms with E-state index < -0.39 is 22.5 Å². The van der Waals surface area contributed by atoms with E-state index in [9.17, 15) is 13.2 Å². The average molecular weight is 499 g/mol. The Morgan fingerprint density at radius 2 is 1.63 bits per heavy atom. The minimum absolute atomic E-state index is 0.0235. The molecule has 0 saturated carbocycles. The number of rotatable bonds is 10. The Balaban J connectivity index is 1.93. The Labute approximate surface area is 206 Å². The van der Waals surface area contributed by atoms with Crippen molar-refractivity contribution in [1.29, 1.82) is 0 Å². The standard InChI is InChI=1S/C26H30N2O6S/c1-18(2)34-22-8-6-7-20(15-22)27-26(29)17-28(21-11-9-19(3)10-12-21)35(30,31)23-13-14-24(32-4)25(16-23)33-5/h6-16,18H,17H2,1-5H3,(H,27,29). The predicted octanol–water partition coefficient (Wildman–Crippen LogP) is 4.63. The van der Waals surface area contributed by atoms with E-state index in [0.29, 0.717) is 22.9 Å². The number of hydrogen-bond donors (Lipinski definition) is 1. The Bertz CT molecular complexity index is 1270. The summed E-state index contributed by atoms with van der Waals surface area (Å²) in [7, 11) is -1.23. The molecule has 0 unspecified atom stereocenters. The van der Waals surface area contributed by atoms with Crippen LogP contribution >= 0.6 is 0 Å². The maximum absolute atomic E-state index is 13.7. The predicted molar refractivity (Wildman–Crippen MR) is 136 cm³/mol. The number of anilines is 2. The number of sulfonamides is 1. The molecule has 0 aliphatic rings. The van der Waals surface area contributed by atoms with Gasteiger partial charge in [0.25, 0.3) is 10.0 Å². The number of hydrogen-bond acceptors (Lipinski definition) is 6. The van der Waals surface area contributed by atoms with Crippen LogP contribution in [-0.4, -0.2) is 41.2 Å². The molecule has 35 heavy (non-hydrogen) atoms. The topological polar surface area (TPSA) is 94.2 Å². The van der Waals surface area contributed by atoms with E-state index in [0.717, 1.165) is 9.87 Å². The highest BCUT2D eigenvalue weighted by atomic mass is 32.2. The number of nitrogens with one attached hydrogen (secondary N) is 1. The van der Waals surface area contributed by atoms with Gasteiger partial charge in [0.2, 0.25) is 5.91 Å². The quantitative estimate of drug-likeness (QED) is 0.438. The third kappa shape index (κ3) is 6.45. The Kier molecular flexibility index (Phi) is 8.24. The summed E-state index contributed by atoms with van der Waals surface area (Å²) in [5.41, 5.74) is 1.82. The van der Waals surface area contributed by atoms with Crippen molar-refractivity contribution in [3.63, 3.8) is 0 Å². The maximum atomic E-state index is 13.7. The summed E-state index contributed by atoms with van der Waals surface area (Å²) < 4.78 is 44.6. The van der Waals surface area contributed by atoms with Gasteiger partial charge in [0.1, 0.15) is 12.3 Å². The third-order valence-electron chi connectivity index (χ3n) is 5.04. The van der Waals surface area contributed by atoms with Crippen LogP contribution in [0.15, 0.2) is 71.6 Å². The number of benzene rings is 3. The van der Waals surface area contributed by atoms with Crippen LogP contribution in [0.1, 0.15) is 19.4 Å². The zero-order valence-electron chi connectivity index (χ0n) is 20.4. The molecule has 0 aliphatic heterocycles. The van der Waals surface area contributed by atoms with Crippen LogP contribution in [0.25, 0.3) is 0 Å². The first-order valence-corrected chi connectivity index (χ1v) is 12.5. The van der Waals surface area contributed by atoms with Gasteiger partial charge in [0, 0.05) is 17.8 Å². The number of carbonyl (C=O) groups excluding carboxylic acids is 1. The van der Waals surface area contributed by atoms with Crippen molar-refractivity contribution in [3.8, 4) is 17.2 Å². The van der Waals surface area contributed by atoms with E-state index in [1.807, 2.05) is 20.8 Å². The van der Waals surface area contributed by atoms with E-state index in [1.165, 1.54) is 32.4 Å². The van der Waals surface area contributed by atoms with Gasteiger partial charge < -0.3 is 19.5 Å². The van der Waals surface area contributed by atoms with Crippen LogP contribution in [0, 0.1) is 6.92 Å². The van der Waals surface area contributed by atoms with Crippen molar-refractivity contribution in [3.05, 3.63) is 72.3 Å². The lowest BCUT2D eigenvalue weighted by molar-refractivity contribution is -0.114. The second-order valence-corrected chi connectivity index (χ2v) is 9.97. The number of aryl methyl sites for hydroxylation is 1. The fraction of sp³-hybridized carbons (Fsp3) is 0.269. The molecule has 0 fully saturated rings. The van der Waals surface area contributed by atoms with Gasteiger partial charge in [0.15, 0.2) is 11.5 Å². The molecule has 186 valence electrons. The second kappa shape index (κ2) is 11.1. The van der Waals surface area contributed by atoms with Gasteiger partial charge >= 0.3 is 0 Å². The molecular formula is C26H30N2O6S. The average Bonchev–Trinajstić information content (AvgIpc) is 2.82. The van der Waals surface area contributed by atoms with Crippen molar-refractivity contribution >= 4 is 27.3 Å². The van der Waals surface area contributed by atoms with Crippen molar-refractivity contribution in [2.24, 2.45) is 0 Å². The van der Waals surface area contributed by atoms with Gasteiger partial charge in [0.05, 0.1) is 30.9 Å². The monoisotopic (exact) mass is 498 g/mol. The smallest absolute Gasteiger partial charge is 0.264 e. The molecule has 3 rings (SSSR count).